The Morgan fingerprint density at radius 1 is 1.12 bits per heavy atom. The minimum Gasteiger partial charge on any atom is -0.398 e. The molecule has 1 atom stereocenters. The first-order chi connectivity index (χ1) is 16.2. The number of halogens is 3. The topological polar surface area (TPSA) is 102 Å². The SMILES string of the molecule is CC[C@@H](CNc1ccc2c(cnn2-c2ccc(F)cc2)c1)NS(=O)(=O)c1c(N)cc(Cl)cc1Cl. The molecule has 0 unspecified atom stereocenters. The molecule has 0 aliphatic carbocycles. The molecule has 4 rings (SSSR count). The number of aromatic nitrogens is 2. The number of benzene rings is 3. The predicted molar refractivity (Wildman–Crippen MR) is 135 cm³/mol. The lowest BCUT2D eigenvalue weighted by Crippen LogP contribution is -2.39. The smallest absolute Gasteiger partial charge is 0.244 e. The van der Waals surface area contributed by atoms with Gasteiger partial charge in [-0.05, 0) is 61.0 Å². The van der Waals surface area contributed by atoms with Crippen LogP contribution in [0.3, 0.4) is 0 Å². The van der Waals surface area contributed by atoms with Gasteiger partial charge in [-0.3, -0.25) is 0 Å². The van der Waals surface area contributed by atoms with Gasteiger partial charge in [-0.15, -0.1) is 0 Å². The van der Waals surface area contributed by atoms with E-state index in [9.17, 15) is 12.8 Å². The standard InChI is InChI=1S/C23H22Cl2FN5O2S/c1-2-17(30-34(32,33)23-20(25)10-15(24)11-21(23)27)13-28-18-5-8-22-14(9-18)12-29-31(22)19-6-3-16(26)4-7-19/h3-12,17,28,30H,2,13,27H2,1H3/t17-/m0/s1. The van der Waals surface area contributed by atoms with Crippen LogP contribution in [-0.2, 0) is 10.0 Å². The van der Waals surface area contributed by atoms with Crippen LogP contribution < -0.4 is 15.8 Å². The third-order valence-electron chi connectivity index (χ3n) is 5.31. The fourth-order valence-electron chi connectivity index (χ4n) is 3.58. The molecule has 1 heterocycles. The number of rotatable bonds is 8. The number of sulfonamides is 1. The van der Waals surface area contributed by atoms with Crippen molar-refractivity contribution < 1.29 is 12.8 Å². The highest BCUT2D eigenvalue weighted by molar-refractivity contribution is 7.89. The van der Waals surface area contributed by atoms with Crippen molar-refractivity contribution in [1.29, 1.82) is 0 Å². The quantitative estimate of drug-likeness (QED) is 0.276. The van der Waals surface area contributed by atoms with Crippen LogP contribution in [0.5, 0.6) is 0 Å². The van der Waals surface area contributed by atoms with E-state index in [1.54, 1.807) is 23.0 Å². The van der Waals surface area contributed by atoms with Gasteiger partial charge in [-0.2, -0.15) is 5.10 Å². The van der Waals surface area contributed by atoms with E-state index in [1.165, 1.54) is 24.3 Å². The van der Waals surface area contributed by atoms with E-state index in [4.69, 9.17) is 28.9 Å². The van der Waals surface area contributed by atoms with Crippen molar-refractivity contribution in [1.82, 2.24) is 14.5 Å². The van der Waals surface area contributed by atoms with E-state index in [1.807, 2.05) is 25.1 Å². The normalized spacial score (nSPS) is 12.7. The average molecular weight is 522 g/mol. The van der Waals surface area contributed by atoms with Crippen molar-refractivity contribution in [3.05, 3.63) is 76.7 Å². The Balaban J connectivity index is 1.48. The molecule has 0 bridgehead atoms. The van der Waals surface area contributed by atoms with Gasteiger partial charge in [0.1, 0.15) is 10.7 Å². The molecular formula is C23H22Cl2FN5O2S. The molecule has 34 heavy (non-hydrogen) atoms. The largest absolute Gasteiger partial charge is 0.398 e. The number of nitrogens with one attached hydrogen (secondary N) is 2. The maximum Gasteiger partial charge on any atom is 0.244 e. The van der Waals surface area contributed by atoms with Gasteiger partial charge in [0, 0.05) is 28.7 Å². The molecule has 0 spiro atoms. The van der Waals surface area contributed by atoms with Crippen molar-refractivity contribution in [2.75, 3.05) is 17.6 Å². The molecule has 1 aromatic heterocycles. The Morgan fingerprint density at radius 3 is 2.53 bits per heavy atom. The van der Waals surface area contributed by atoms with Crippen LogP contribution in [-0.4, -0.2) is 30.8 Å². The summed E-state index contributed by atoms with van der Waals surface area (Å²) in [5.41, 5.74) is 8.25. The number of fused-ring (bicyclic) bond motifs is 1. The summed E-state index contributed by atoms with van der Waals surface area (Å²) in [6.45, 7) is 2.20. The van der Waals surface area contributed by atoms with E-state index < -0.39 is 16.1 Å². The number of nitrogen functional groups attached to an aromatic ring is 1. The summed E-state index contributed by atoms with van der Waals surface area (Å²) < 4.78 is 43.4. The van der Waals surface area contributed by atoms with Crippen LogP contribution in [0.4, 0.5) is 15.8 Å². The first kappa shape index (κ1) is 24.3. The molecule has 0 amide bonds. The second-order valence-electron chi connectivity index (χ2n) is 7.72. The first-order valence-electron chi connectivity index (χ1n) is 10.4. The van der Waals surface area contributed by atoms with Gasteiger partial charge < -0.3 is 11.1 Å². The first-order valence-corrected chi connectivity index (χ1v) is 12.7. The molecule has 178 valence electrons. The van der Waals surface area contributed by atoms with Gasteiger partial charge in [0.25, 0.3) is 0 Å². The van der Waals surface area contributed by atoms with E-state index >= 15 is 0 Å². The number of nitrogens with zero attached hydrogens (tertiary/aromatic N) is 2. The number of hydrogen-bond acceptors (Lipinski definition) is 5. The molecule has 0 saturated carbocycles. The van der Waals surface area contributed by atoms with Gasteiger partial charge in [0.2, 0.25) is 10.0 Å². The van der Waals surface area contributed by atoms with Gasteiger partial charge in [-0.1, -0.05) is 30.1 Å². The van der Waals surface area contributed by atoms with E-state index in [-0.39, 0.29) is 26.4 Å². The van der Waals surface area contributed by atoms with Crippen LogP contribution in [0.25, 0.3) is 16.6 Å². The van der Waals surface area contributed by atoms with Crippen LogP contribution in [0.15, 0.2) is 65.7 Å². The number of anilines is 2. The van der Waals surface area contributed by atoms with Crippen molar-refractivity contribution in [3.63, 3.8) is 0 Å². The van der Waals surface area contributed by atoms with Gasteiger partial charge in [0.15, 0.2) is 0 Å². The Labute approximate surface area is 206 Å². The molecule has 0 radical (unpaired) electrons. The minimum absolute atomic E-state index is 0.0172. The van der Waals surface area contributed by atoms with E-state index in [0.717, 1.165) is 22.3 Å². The Bertz CT molecular complexity index is 1420. The molecule has 0 aliphatic heterocycles. The maximum absolute atomic E-state index is 13.2. The molecular weight excluding hydrogens is 500 g/mol. The molecule has 0 aliphatic rings. The van der Waals surface area contributed by atoms with Gasteiger partial charge in [-0.25, -0.2) is 22.2 Å². The third-order valence-corrected chi connectivity index (χ3v) is 7.58. The molecule has 4 N–H and O–H groups in total. The monoisotopic (exact) mass is 521 g/mol. The predicted octanol–water partition coefficient (Wildman–Crippen LogP) is 5.22. The van der Waals surface area contributed by atoms with Crippen molar-refractivity contribution in [2.24, 2.45) is 0 Å². The Hall–Kier alpha value is -2.85. The molecule has 3 aromatic carbocycles. The zero-order chi connectivity index (χ0) is 24.5. The lowest BCUT2D eigenvalue weighted by molar-refractivity contribution is 0.548. The zero-order valence-corrected chi connectivity index (χ0v) is 20.4. The van der Waals surface area contributed by atoms with Crippen LogP contribution in [0.2, 0.25) is 10.0 Å². The van der Waals surface area contributed by atoms with Crippen molar-refractivity contribution >= 4 is 55.5 Å². The molecule has 4 aromatic rings. The second kappa shape index (κ2) is 9.79. The van der Waals surface area contributed by atoms with Crippen molar-refractivity contribution in [3.8, 4) is 5.69 Å². The molecule has 0 fully saturated rings. The van der Waals surface area contributed by atoms with Crippen LogP contribution in [0, 0.1) is 5.82 Å². The summed E-state index contributed by atoms with van der Waals surface area (Å²) in [6.07, 6.45) is 2.25. The highest BCUT2D eigenvalue weighted by Crippen LogP contribution is 2.31. The van der Waals surface area contributed by atoms with Crippen molar-refractivity contribution in [2.45, 2.75) is 24.3 Å². The lowest BCUT2D eigenvalue weighted by atomic mass is 10.2. The highest BCUT2D eigenvalue weighted by atomic mass is 35.5. The Kier molecular flexibility index (Phi) is 6.99. The molecule has 7 nitrogen and oxygen atoms in total. The molecule has 11 heteroatoms. The minimum atomic E-state index is -3.96. The van der Waals surface area contributed by atoms with Gasteiger partial charge >= 0.3 is 0 Å². The number of nitrogens with two attached hydrogens (primary N) is 1. The summed E-state index contributed by atoms with van der Waals surface area (Å²) >= 11 is 12.0. The van der Waals surface area contributed by atoms with Crippen LogP contribution >= 0.6 is 23.2 Å². The summed E-state index contributed by atoms with van der Waals surface area (Å²) in [5.74, 6) is -0.311. The summed E-state index contributed by atoms with van der Waals surface area (Å²) in [7, 11) is -3.96. The summed E-state index contributed by atoms with van der Waals surface area (Å²) in [4.78, 5) is -0.188. The molecule has 0 saturated heterocycles. The fourth-order valence-corrected chi connectivity index (χ4v) is 5.89. The zero-order valence-electron chi connectivity index (χ0n) is 18.1. The fraction of sp³-hybridized carbons (Fsp3) is 0.174. The Morgan fingerprint density at radius 2 is 1.85 bits per heavy atom. The maximum atomic E-state index is 13.2. The summed E-state index contributed by atoms with van der Waals surface area (Å²) in [6, 6.07) is 14.0. The van der Waals surface area contributed by atoms with E-state index in [2.05, 4.69) is 15.1 Å². The number of hydrogen-bond donors (Lipinski definition) is 3. The van der Waals surface area contributed by atoms with Gasteiger partial charge in [0.05, 0.1) is 28.1 Å². The average Bonchev–Trinajstić information content (AvgIpc) is 3.19. The highest BCUT2D eigenvalue weighted by Gasteiger charge is 2.25. The van der Waals surface area contributed by atoms with E-state index in [0.29, 0.717) is 13.0 Å². The lowest BCUT2D eigenvalue weighted by Gasteiger charge is -2.20. The van der Waals surface area contributed by atoms with Crippen LogP contribution in [0.1, 0.15) is 13.3 Å². The second-order valence-corrected chi connectivity index (χ2v) is 10.2. The third kappa shape index (κ3) is 5.12. The summed E-state index contributed by atoms with van der Waals surface area (Å²) in [5, 5.41) is 8.75.